The van der Waals surface area contributed by atoms with E-state index in [0.717, 1.165) is 10.5 Å². The number of aldehydes is 1. The molecule has 1 aliphatic carbocycles. The van der Waals surface area contributed by atoms with Crippen LogP contribution < -0.4 is 0 Å². The number of rotatable bonds is 9. The number of aliphatic hydroxyl groups is 4. The molecule has 3 heterocycles. The maximum Gasteiger partial charge on any atom is 0.329 e. The number of hydrogen-bond acceptors (Lipinski definition) is 13. The third-order valence-electron chi connectivity index (χ3n) is 13.5. The molecule has 1 unspecified atom stereocenters. The number of fused-ring (bicyclic) bond motifs is 3. The molecule has 0 aromatic heterocycles. The number of methoxy groups -OCH3 is 2. The van der Waals surface area contributed by atoms with Crippen molar-refractivity contribution in [3.05, 3.63) is 23.3 Å². The van der Waals surface area contributed by atoms with E-state index < -0.39 is 95.8 Å². The van der Waals surface area contributed by atoms with Gasteiger partial charge in [-0.3, -0.25) is 14.4 Å². The molecule has 340 valence electrons. The molecule has 15 nitrogen and oxygen atoms in total. The van der Waals surface area contributed by atoms with Crippen LogP contribution in [0.3, 0.4) is 0 Å². The van der Waals surface area contributed by atoms with Crippen molar-refractivity contribution in [2.45, 2.75) is 173 Å². The Bertz CT molecular complexity index is 1550. The number of aliphatic carboxylic acids is 1. The lowest BCUT2D eigenvalue weighted by Gasteiger charge is -2.46. The Morgan fingerprint density at radius 1 is 0.950 bits per heavy atom. The minimum atomic E-state index is -2.62. The van der Waals surface area contributed by atoms with Crippen molar-refractivity contribution in [3.63, 3.8) is 0 Å². The molecule has 15 atom stereocenters. The van der Waals surface area contributed by atoms with E-state index in [-0.39, 0.29) is 56.6 Å². The Labute approximate surface area is 354 Å². The molecular formula is C45H71NO14. The smallest absolute Gasteiger partial charge is 0.329 e. The van der Waals surface area contributed by atoms with Gasteiger partial charge >= 0.3 is 11.9 Å². The van der Waals surface area contributed by atoms with Crippen molar-refractivity contribution in [1.29, 1.82) is 0 Å². The van der Waals surface area contributed by atoms with Gasteiger partial charge in [-0.1, -0.05) is 38.5 Å². The molecule has 2 bridgehead atoms. The maximum absolute atomic E-state index is 14.4. The zero-order chi connectivity index (χ0) is 44.5. The van der Waals surface area contributed by atoms with Gasteiger partial charge in [-0.2, -0.15) is 0 Å². The number of ether oxygens (including phenoxy) is 4. The predicted octanol–water partition coefficient (Wildman–Crippen LogP) is 3.91. The third-order valence-corrected chi connectivity index (χ3v) is 13.5. The number of cyclic esters (lactones) is 1. The first-order chi connectivity index (χ1) is 28.3. The van der Waals surface area contributed by atoms with Crippen LogP contribution in [0.1, 0.15) is 118 Å². The van der Waals surface area contributed by atoms with Gasteiger partial charge in [0.1, 0.15) is 18.4 Å². The summed E-state index contributed by atoms with van der Waals surface area (Å²) in [7, 11) is 2.99. The molecule has 5 N–H and O–H groups in total. The summed E-state index contributed by atoms with van der Waals surface area (Å²) < 4.78 is 23.8. The summed E-state index contributed by atoms with van der Waals surface area (Å²) in [6, 6.07) is -1.20. The number of piperidine rings is 1. The van der Waals surface area contributed by atoms with Crippen LogP contribution in [-0.2, 0) is 42.9 Å². The lowest BCUT2D eigenvalue weighted by atomic mass is 9.78. The van der Waals surface area contributed by atoms with Gasteiger partial charge < -0.3 is 54.2 Å². The van der Waals surface area contributed by atoms with Crippen molar-refractivity contribution < 1.29 is 68.5 Å². The Morgan fingerprint density at radius 2 is 1.65 bits per heavy atom. The van der Waals surface area contributed by atoms with Gasteiger partial charge in [0, 0.05) is 57.3 Å². The SMILES string of the molecule is CO[C@H]1C[C@@H](C)C/C(C)=C/[C@@H](CCCC(=O)O)C(O)C[C@H](O)[C@@H](C)[C@@H](/C(C)=C/[C@@H]2CC[C@@H](O)[C@H](OC)C2)OC(=O)[C@@H]2CCCCN2C(=O)C(=O)[C@]2(O)O[C@H]1[C@@H](C=O)C[C@H]2C. The van der Waals surface area contributed by atoms with Crippen LogP contribution in [0.2, 0.25) is 0 Å². The first kappa shape index (κ1) is 49.6. The van der Waals surface area contributed by atoms with E-state index in [1.54, 1.807) is 21.0 Å². The highest BCUT2D eigenvalue weighted by Crippen LogP contribution is 2.40. The number of amides is 1. The Morgan fingerprint density at radius 3 is 2.30 bits per heavy atom. The van der Waals surface area contributed by atoms with Gasteiger partial charge in [-0.05, 0) is 102 Å². The highest BCUT2D eigenvalue weighted by Gasteiger charge is 2.56. The van der Waals surface area contributed by atoms with E-state index in [0.29, 0.717) is 63.2 Å². The van der Waals surface area contributed by atoms with E-state index in [1.165, 1.54) is 14.0 Å². The summed E-state index contributed by atoms with van der Waals surface area (Å²) in [6.07, 6.45) is 2.59. The number of allylic oxidation sites excluding steroid dienone is 2. The molecular weight excluding hydrogens is 778 g/mol. The fraction of sp³-hybridized carbons (Fsp3) is 0.800. The number of esters is 1. The average molecular weight is 850 g/mol. The second-order valence-electron chi connectivity index (χ2n) is 18.2. The fourth-order valence-electron chi connectivity index (χ4n) is 9.95. The monoisotopic (exact) mass is 849 g/mol. The number of Topliss-reactive ketones (excluding diaryl/α,β-unsaturated/α-hetero) is 1. The Hall–Kier alpha value is -3.05. The first-order valence-corrected chi connectivity index (χ1v) is 21.9. The zero-order valence-corrected chi connectivity index (χ0v) is 36.6. The van der Waals surface area contributed by atoms with Crippen molar-refractivity contribution in [1.82, 2.24) is 4.90 Å². The lowest BCUT2D eigenvalue weighted by molar-refractivity contribution is -0.287. The summed E-state index contributed by atoms with van der Waals surface area (Å²) in [5.74, 6) is -9.88. The maximum atomic E-state index is 14.4. The second kappa shape index (κ2) is 22.3. The third kappa shape index (κ3) is 12.3. The van der Waals surface area contributed by atoms with Crippen LogP contribution >= 0.6 is 0 Å². The molecule has 3 aliphatic heterocycles. The van der Waals surface area contributed by atoms with Crippen LogP contribution in [0, 0.1) is 35.5 Å². The predicted molar refractivity (Wildman–Crippen MR) is 219 cm³/mol. The van der Waals surface area contributed by atoms with Crippen molar-refractivity contribution >= 4 is 29.9 Å². The van der Waals surface area contributed by atoms with E-state index in [2.05, 4.69) is 0 Å². The van der Waals surface area contributed by atoms with Crippen LogP contribution in [0.15, 0.2) is 23.3 Å². The van der Waals surface area contributed by atoms with Gasteiger partial charge in [-0.15, -0.1) is 0 Å². The Balaban J connectivity index is 1.79. The molecule has 0 radical (unpaired) electrons. The van der Waals surface area contributed by atoms with Crippen LogP contribution in [0.25, 0.3) is 0 Å². The van der Waals surface area contributed by atoms with Gasteiger partial charge in [0.2, 0.25) is 5.79 Å². The van der Waals surface area contributed by atoms with E-state index in [1.807, 2.05) is 26.0 Å². The summed E-state index contributed by atoms with van der Waals surface area (Å²) in [5, 5.41) is 55.4. The number of carboxylic acid groups (broad SMARTS) is 1. The largest absolute Gasteiger partial charge is 0.481 e. The molecule has 1 saturated carbocycles. The molecule has 15 heteroatoms. The number of nitrogens with zero attached hydrogens (tertiary/aromatic N) is 1. The lowest BCUT2D eigenvalue weighted by Crippen LogP contribution is -2.63. The number of aliphatic hydroxyl groups excluding tert-OH is 3. The normalized spacial score (nSPS) is 40.6. The minimum Gasteiger partial charge on any atom is -0.481 e. The molecule has 4 rings (SSSR count). The molecule has 3 fully saturated rings. The number of ketones is 1. The standard InChI is InChI=1S/C45H71NO14/c1-25-17-26(2)19-38(58-7)41-32(24-47)21-28(4)45(56,60-41)42(53)43(54)46-16-9-8-12-33(46)44(55)59-40(27(3)20-30-14-15-34(48)37(22-30)57-6)29(5)35(49)23-36(50)31(18-25)11-10-13-39(51)52/h18,20,24,26,28-38,40-41,48-50,56H,8-17,19,21-23H2,1-7H3,(H,51,52)/b25-18+,27-20+/t26-,28+,29+,30-,31+,32+,33-,34+,35-,36?,37+,38-,40+,41-,45+/m0/s1. The summed E-state index contributed by atoms with van der Waals surface area (Å²) in [4.78, 5) is 67.8. The molecule has 0 spiro atoms. The van der Waals surface area contributed by atoms with Crippen molar-refractivity contribution in [2.24, 2.45) is 35.5 Å². The van der Waals surface area contributed by atoms with Crippen molar-refractivity contribution in [2.75, 3.05) is 20.8 Å². The first-order valence-electron chi connectivity index (χ1n) is 21.9. The van der Waals surface area contributed by atoms with Gasteiger partial charge in [0.15, 0.2) is 0 Å². The van der Waals surface area contributed by atoms with E-state index in [9.17, 15) is 49.5 Å². The molecule has 2 saturated heterocycles. The van der Waals surface area contributed by atoms with Gasteiger partial charge in [0.05, 0.1) is 36.6 Å². The highest BCUT2D eigenvalue weighted by atomic mass is 16.7. The zero-order valence-electron chi connectivity index (χ0n) is 36.6. The number of hydrogen-bond donors (Lipinski definition) is 5. The van der Waals surface area contributed by atoms with Crippen LogP contribution in [-0.4, -0.2) is 136 Å². The molecule has 4 aliphatic rings. The average Bonchev–Trinajstić information content (AvgIpc) is 3.21. The molecule has 0 aromatic rings. The fourth-order valence-corrected chi connectivity index (χ4v) is 9.95. The van der Waals surface area contributed by atoms with Crippen LogP contribution in [0.4, 0.5) is 0 Å². The number of carbonyl (C=O) groups excluding carboxylic acids is 4. The molecule has 0 aromatic carbocycles. The molecule has 1 amide bonds. The van der Waals surface area contributed by atoms with Gasteiger partial charge in [0.25, 0.3) is 11.7 Å². The van der Waals surface area contributed by atoms with Crippen LogP contribution in [0.5, 0.6) is 0 Å². The summed E-state index contributed by atoms with van der Waals surface area (Å²) in [5.41, 5.74) is 1.51. The summed E-state index contributed by atoms with van der Waals surface area (Å²) >= 11 is 0. The quantitative estimate of drug-likeness (QED) is 0.0960. The molecule has 60 heavy (non-hydrogen) atoms. The van der Waals surface area contributed by atoms with Crippen molar-refractivity contribution in [3.8, 4) is 0 Å². The second-order valence-corrected chi connectivity index (χ2v) is 18.2. The minimum absolute atomic E-state index is 0.0374. The highest BCUT2D eigenvalue weighted by molar-refractivity contribution is 6.39. The van der Waals surface area contributed by atoms with E-state index in [4.69, 9.17) is 18.9 Å². The van der Waals surface area contributed by atoms with Gasteiger partial charge in [-0.25, -0.2) is 4.79 Å². The topological polar surface area (TPSA) is 227 Å². The van der Waals surface area contributed by atoms with E-state index >= 15 is 0 Å². The number of carbonyl (C=O) groups is 5. The number of carboxylic acids is 1. The summed E-state index contributed by atoms with van der Waals surface area (Å²) in [6.45, 7) is 8.94. The Kier molecular flexibility index (Phi) is 18.5.